The average Bonchev–Trinajstić information content (AvgIpc) is 3.22. The van der Waals surface area contributed by atoms with E-state index in [2.05, 4.69) is 10.3 Å². The summed E-state index contributed by atoms with van der Waals surface area (Å²) in [5, 5.41) is 3.58. The lowest BCUT2D eigenvalue weighted by atomic mass is 9.95. The second-order valence-electron chi connectivity index (χ2n) is 7.86. The highest BCUT2D eigenvalue weighted by Gasteiger charge is 2.28. The third-order valence-corrected chi connectivity index (χ3v) is 6.84. The van der Waals surface area contributed by atoms with Crippen LogP contribution in [-0.4, -0.2) is 49.0 Å². The molecule has 1 aromatic carbocycles. The number of aromatic nitrogens is 1. The van der Waals surface area contributed by atoms with Gasteiger partial charge in [-0.05, 0) is 67.6 Å². The molecule has 2 heterocycles. The number of anilines is 1. The molecule has 4 rings (SSSR count). The van der Waals surface area contributed by atoms with Gasteiger partial charge in [0.05, 0.1) is 24.8 Å². The van der Waals surface area contributed by atoms with Crippen LogP contribution in [-0.2, 0) is 12.8 Å². The molecule has 0 bridgehead atoms. The van der Waals surface area contributed by atoms with E-state index in [9.17, 15) is 9.59 Å². The number of aryl methyl sites for hydroxylation is 1. The lowest BCUT2D eigenvalue weighted by molar-refractivity contribution is 0.0774. The van der Waals surface area contributed by atoms with E-state index in [0.29, 0.717) is 35.0 Å². The molecule has 1 aliphatic carbocycles. The molecule has 0 saturated carbocycles. The summed E-state index contributed by atoms with van der Waals surface area (Å²) in [6.07, 6.45) is 7.08. The number of pyridine rings is 1. The Balaban J connectivity index is 1.47. The average molecular weight is 466 g/mol. The van der Waals surface area contributed by atoms with Gasteiger partial charge in [-0.15, -0.1) is 11.3 Å². The first-order valence-corrected chi connectivity index (χ1v) is 11.8. The number of thiophene rings is 1. The zero-order valence-corrected chi connectivity index (χ0v) is 19.6. The Morgan fingerprint density at radius 3 is 2.61 bits per heavy atom. The van der Waals surface area contributed by atoms with Crippen LogP contribution in [0.4, 0.5) is 5.00 Å². The van der Waals surface area contributed by atoms with Gasteiger partial charge in [-0.25, -0.2) is 0 Å². The maximum Gasteiger partial charge on any atom is 0.257 e. The number of hydrogen-bond donors (Lipinski definition) is 1. The highest BCUT2D eigenvalue weighted by molar-refractivity contribution is 7.17. The van der Waals surface area contributed by atoms with Gasteiger partial charge in [-0.2, -0.15) is 0 Å². The lowest BCUT2D eigenvalue weighted by Gasteiger charge is -2.20. The van der Waals surface area contributed by atoms with E-state index in [1.807, 2.05) is 24.3 Å². The van der Waals surface area contributed by atoms with Gasteiger partial charge in [0, 0.05) is 24.3 Å². The van der Waals surface area contributed by atoms with E-state index < -0.39 is 0 Å². The fraction of sp³-hybridized carbons (Fsp3) is 0.320. The summed E-state index contributed by atoms with van der Waals surface area (Å²) in [5.74, 6) is 1.11. The van der Waals surface area contributed by atoms with E-state index in [0.717, 1.165) is 37.0 Å². The summed E-state index contributed by atoms with van der Waals surface area (Å²) in [6.45, 7) is 0.781. The molecule has 1 N–H and O–H groups in total. The standard InChI is InChI=1S/C25H27N3O4S/c1-28(14-15-32-19-11-9-18(31-2)10-12-19)25(30)22-20-7-3-4-8-21(20)33-24(22)27-23(29)17-6-5-13-26-16-17/h5-6,9-13,16H,3-4,7-8,14-15H2,1-2H3,(H,27,29). The Kier molecular flexibility index (Phi) is 7.24. The normalized spacial score (nSPS) is 12.5. The molecular weight excluding hydrogens is 438 g/mol. The van der Waals surface area contributed by atoms with Crippen LogP contribution in [0.25, 0.3) is 0 Å². The maximum absolute atomic E-state index is 13.4. The Bertz CT molecular complexity index is 1110. The number of nitrogens with one attached hydrogen (secondary N) is 1. The van der Waals surface area contributed by atoms with E-state index in [1.165, 1.54) is 22.4 Å². The predicted molar refractivity (Wildman–Crippen MR) is 129 cm³/mol. The summed E-state index contributed by atoms with van der Waals surface area (Å²) in [7, 11) is 3.38. The summed E-state index contributed by atoms with van der Waals surface area (Å²) >= 11 is 1.51. The SMILES string of the molecule is COc1ccc(OCCN(C)C(=O)c2c(NC(=O)c3cccnc3)sc3c2CCCC3)cc1. The van der Waals surface area contributed by atoms with E-state index in [4.69, 9.17) is 9.47 Å². The minimum atomic E-state index is -0.263. The molecule has 3 aromatic rings. The number of rotatable bonds is 8. The van der Waals surface area contributed by atoms with Gasteiger partial charge in [-0.3, -0.25) is 14.6 Å². The fourth-order valence-electron chi connectivity index (χ4n) is 3.82. The van der Waals surface area contributed by atoms with Crippen LogP contribution in [0.2, 0.25) is 0 Å². The largest absolute Gasteiger partial charge is 0.497 e. The first-order chi connectivity index (χ1) is 16.1. The molecule has 7 nitrogen and oxygen atoms in total. The quantitative estimate of drug-likeness (QED) is 0.532. The van der Waals surface area contributed by atoms with Gasteiger partial charge in [0.2, 0.25) is 0 Å². The number of likely N-dealkylation sites (N-methyl/N-ethyl adjacent to an activating group) is 1. The summed E-state index contributed by atoms with van der Waals surface area (Å²) in [4.78, 5) is 33.0. The Morgan fingerprint density at radius 1 is 1.12 bits per heavy atom. The number of hydrogen-bond acceptors (Lipinski definition) is 6. The first kappa shape index (κ1) is 22.8. The third-order valence-electron chi connectivity index (χ3n) is 5.64. The molecule has 0 atom stereocenters. The molecule has 33 heavy (non-hydrogen) atoms. The molecule has 2 aromatic heterocycles. The van der Waals surface area contributed by atoms with E-state index in [-0.39, 0.29) is 11.8 Å². The Hall–Kier alpha value is -3.39. The first-order valence-electron chi connectivity index (χ1n) is 10.9. The van der Waals surface area contributed by atoms with Crippen LogP contribution in [0, 0.1) is 0 Å². The number of amides is 2. The van der Waals surface area contributed by atoms with Crippen LogP contribution in [0.5, 0.6) is 11.5 Å². The van der Waals surface area contributed by atoms with Crippen LogP contribution in [0.1, 0.15) is 44.0 Å². The summed E-state index contributed by atoms with van der Waals surface area (Å²) in [6, 6.07) is 10.8. The molecule has 0 unspecified atom stereocenters. The van der Waals surface area contributed by atoms with Crippen molar-refractivity contribution in [2.75, 3.05) is 32.6 Å². The predicted octanol–water partition coefficient (Wildman–Crippen LogP) is 4.43. The molecule has 172 valence electrons. The highest BCUT2D eigenvalue weighted by Crippen LogP contribution is 2.39. The van der Waals surface area contributed by atoms with Gasteiger partial charge in [0.25, 0.3) is 11.8 Å². The zero-order valence-electron chi connectivity index (χ0n) is 18.8. The van der Waals surface area contributed by atoms with E-state index >= 15 is 0 Å². The van der Waals surface area contributed by atoms with Gasteiger partial charge < -0.3 is 19.7 Å². The second-order valence-corrected chi connectivity index (χ2v) is 8.97. The molecule has 0 aliphatic heterocycles. The number of ether oxygens (including phenoxy) is 2. The van der Waals surface area contributed by atoms with Crippen LogP contribution in [0.3, 0.4) is 0 Å². The van der Waals surface area contributed by atoms with Crippen molar-refractivity contribution in [1.29, 1.82) is 0 Å². The minimum Gasteiger partial charge on any atom is -0.497 e. The number of nitrogens with zero attached hydrogens (tertiary/aromatic N) is 2. The summed E-state index contributed by atoms with van der Waals surface area (Å²) < 4.78 is 10.9. The van der Waals surface area contributed by atoms with Crippen LogP contribution < -0.4 is 14.8 Å². The lowest BCUT2D eigenvalue weighted by Crippen LogP contribution is -2.32. The monoisotopic (exact) mass is 465 g/mol. The summed E-state index contributed by atoms with van der Waals surface area (Å²) in [5.41, 5.74) is 2.14. The van der Waals surface area contributed by atoms with Gasteiger partial charge in [-0.1, -0.05) is 0 Å². The number of methoxy groups -OCH3 is 1. The highest BCUT2D eigenvalue weighted by atomic mass is 32.1. The van der Waals surface area contributed by atoms with Gasteiger partial charge >= 0.3 is 0 Å². The van der Waals surface area contributed by atoms with Gasteiger partial charge in [0.1, 0.15) is 23.1 Å². The van der Waals surface area contributed by atoms with Crippen molar-refractivity contribution in [1.82, 2.24) is 9.88 Å². The number of carbonyl (C=O) groups is 2. The second kappa shape index (κ2) is 10.5. The third kappa shape index (κ3) is 5.34. The Morgan fingerprint density at radius 2 is 1.88 bits per heavy atom. The number of fused-ring (bicyclic) bond motifs is 1. The van der Waals surface area contributed by atoms with Crippen LogP contribution >= 0.6 is 11.3 Å². The van der Waals surface area contributed by atoms with Crippen LogP contribution in [0.15, 0.2) is 48.8 Å². The van der Waals surface area contributed by atoms with Crippen molar-refractivity contribution in [3.05, 3.63) is 70.4 Å². The number of carbonyl (C=O) groups excluding carboxylic acids is 2. The van der Waals surface area contributed by atoms with Crippen molar-refractivity contribution in [3.63, 3.8) is 0 Å². The molecule has 8 heteroatoms. The maximum atomic E-state index is 13.4. The molecule has 0 radical (unpaired) electrons. The molecule has 0 saturated heterocycles. The molecule has 2 amide bonds. The van der Waals surface area contributed by atoms with Crippen molar-refractivity contribution in [3.8, 4) is 11.5 Å². The minimum absolute atomic E-state index is 0.103. The molecular formula is C25H27N3O4S. The fourth-order valence-corrected chi connectivity index (χ4v) is 5.09. The molecule has 0 spiro atoms. The number of benzene rings is 1. The van der Waals surface area contributed by atoms with Crippen molar-refractivity contribution < 1.29 is 19.1 Å². The van der Waals surface area contributed by atoms with E-state index in [1.54, 1.807) is 37.4 Å². The van der Waals surface area contributed by atoms with Crippen molar-refractivity contribution in [2.24, 2.45) is 0 Å². The molecule has 0 fully saturated rings. The van der Waals surface area contributed by atoms with Crippen molar-refractivity contribution >= 4 is 28.2 Å². The Labute approximate surface area is 197 Å². The smallest absolute Gasteiger partial charge is 0.257 e. The zero-order chi connectivity index (χ0) is 23.2. The topological polar surface area (TPSA) is 80.8 Å². The van der Waals surface area contributed by atoms with Gasteiger partial charge in [0.15, 0.2) is 0 Å². The van der Waals surface area contributed by atoms with Crippen molar-refractivity contribution in [2.45, 2.75) is 25.7 Å². The molecule has 1 aliphatic rings.